The molecule has 1 aliphatic heterocycles. The van der Waals surface area contributed by atoms with Crippen LogP contribution in [0.1, 0.15) is 40.5 Å². The Morgan fingerprint density at radius 2 is 1.90 bits per heavy atom. The Morgan fingerprint density at radius 3 is 2.48 bits per heavy atom. The van der Waals surface area contributed by atoms with Gasteiger partial charge in [-0.05, 0) is 46.5 Å². The molecule has 1 saturated carbocycles. The van der Waals surface area contributed by atoms with E-state index in [1.54, 1.807) is 4.90 Å². The lowest BCUT2D eigenvalue weighted by Gasteiger charge is -2.37. The summed E-state index contributed by atoms with van der Waals surface area (Å²) >= 11 is 0. The Balaban J connectivity index is 1.78. The number of nitrogens with one attached hydrogen (secondary N) is 2. The van der Waals surface area contributed by atoms with E-state index in [1.807, 2.05) is 27.7 Å². The van der Waals surface area contributed by atoms with Gasteiger partial charge in [-0.1, -0.05) is 0 Å². The number of amides is 3. The first kappa shape index (κ1) is 16.1. The monoisotopic (exact) mass is 297 g/mol. The number of nitrogens with zero attached hydrogens (tertiary/aromatic N) is 1. The minimum atomic E-state index is -0.285. The van der Waals surface area contributed by atoms with Gasteiger partial charge in [-0.15, -0.1) is 0 Å². The van der Waals surface area contributed by atoms with Gasteiger partial charge in [0.1, 0.15) is 0 Å². The molecule has 2 atom stereocenters. The molecule has 0 aromatic carbocycles. The van der Waals surface area contributed by atoms with Crippen LogP contribution in [0.4, 0.5) is 4.79 Å². The van der Waals surface area contributed by atoms with Crippen molar-refractivity contribution in [3.63, 3.8) is 0 Å². The normalized spacial score (nSPS) is 26.4. The molecule has 0 aromatic heterocycles. The molecule has 0 radical (unpaired) electrons. The maximum atomic E-state index is 12.2. The van der Waals surface area contributed by atoms with Gasteiger partial charge in [0.2, 0.25) is 5.91 Å². The van der Waals surface area contributed by atoms with Crippen LogP contribution in [0.2, 0.25) is 0 Å². The first-order valence-corrected chi connectivity index (χ1v) is 7.74. The SMILES string of the molecule is C[C@H]1CN(C(=O)NCC(=O)NC(C)(C)C)C[C@H](C2CC2)O1. The van der Waals surface area contributed by atoms with Crippen molar-refractivity contribution in [1.82, 2.24) is 15.5 Å². The van der Waals surface area contributed by atoms with E-state index in [2.05, 4.69) is 10.6 Å². The van der Waals surface area contributed by atoms with Crippen LogP contribution in [0.5, 0.6) is 0 Å². The Morgan fingerprint density at radius 1 is 1.24 bits per heavy atom. The Kier molecular flexibility index (Phi) is 4.76. The molecule has 2 fully saturated rings. The molecular weight excluding hydrogens is 270 g/mol. The largest absolute Gasteiger partial charge is 0.371 e. The molecule has 0 unspecified atom stereocenters. The Bertz CT molecular complexity index is 401. The third-order valence-corrected chi connectivity index (χ3v) is 3.63. The highest BCUT2D eigenvalue weighted by Crippen LogP contribution is 2.36. The van der Waals surface area contributed by atoms with E-state index in [0.29, 0.717) is 19.0 Å². The molecule has 3 amide bonds. The summed E-state index contributed by atoms with van der Waals surface area (Å²) in [6.07, 6.45) is 2.60. The highest BCUT2D eigenvalue weighted by Gasteiger charge is 2.38. The topological polar surface area (TPSA) is 70.7 Å². The zero-order chi connectivity index (χ0) is 15.6. The van der Waals surface area contributed by atoms with Crippen molar-refractivity contribution in [1.29, 1.82) is 0 Å². The number of morpholine rings is 1. The van der Waals surface area contributed by atoms with Crippen LogP contribution in [-0.2, 0) is 9.53 Å². The lowest BCUT2D eigenvalue weighted by molar-refractivity contribution is -0.121. The van der Waals surface area contributed by atoms with Gasteiger partial charge in [-0.25, -0.2) is 4.79 Å². The summed E-state index contributed by atoms with van der Waals surface area (Å²) in [5.74, 6) is 0.433. The van der Waals surface area contributed by atoms with E-state index in [4.69, 9.17) is 4.74 Å². The zero-order valence-electron chi connectivity index (χ0n) is 13.4. The summed E-state index contributed by atoms with van der Waals surface area (Å²) in [7, 11) is 0. The molecule has 0 bridgehead atoms. The van der Waals surface area contributed by atoms with Gasteiger partial charge in [0.05, 0.1) is 18.8 Å². The minimum Gasteiger partial charge on any atom is -0.371 e. The average Bonchev–Trinajstić information content (AvgIpc) is 3.17. The van der Waals surface area contributed by atoms with Crippen molar-refractivity contribution < 1.29 is 14.3 Å². The predicted octanol–water partition coefficient (Wildman–Crippen LogP) is 1.11. The van der Waals surface area contributed by atoms with Crippen LogP contribution in [0.3, 0.4) is 0 Å². The number of carbonyl (C=O) groups is 2. The molecule has 2 rings (SSSR count). The maximum absolute atomic E-state index is 12.2. The van der Waals surface area contributed by atoms with Gasteiger partial charge >= 0.3 is 6.03 Å². The molecule has 1 heterocycles. The summed E-state index contributed by atoms with van der Waals surface area (Å²) in [6, 6.07) is -0.181. The average molecular weight is 297 g/mol. The van der Waals surface area contributed by atoms with E-state index < -0.39 is 0 Å². The van der Waals surface area contributed by atoms with E-state index >= 15 is 0 Å². The van der Waals surface area contributed by atoms with Crippen molar-refractivity contribution >= 4 is 11.9 Å². The quantitative estimate of drug-likeness (QED) is 0.820. The van der Waals surface area contributed by atoms with Crippen LogP contribution in [0.15, 0.2) is 0 Å². The molecule has 6 nitrogen and oxygen atoms in total. The fourth-order valence-corrected chi connectivity index (χ4v) is 2.61. The second kappa shape index (κ2) is 6.22. The summed E-state index contributed by atoms with van der Waals surface area (Å²) in [5, 5.41) is 5.52. The molecule has 0 spiro atoms. The van der Waals surface area contributed by atoms with Crippen molar-refractivity contribution in [2.45, 2.75) is 58.3 Å². The molecular formula is C15H27N3O3. The van der Waals surface area contributed by atoms with Crippen molar-refractivity contribution in [2.75, 3.05) is 19.6 Å². The van der Waals surface area contributed by atoms with Gasteiger partial charge in [0.25, 0.3) is 0 Å². The van der Waals surface area contributed by atoms with Crippen molar-refractivity contribution in [3.05, 3.63) is 0 Å². The van der Waals surface area contributed by atoms with Gasteiger partial charge in [-0.3, -0.25) is 4.79 Å². The smallest absolute Gasteiger partial charge is 0.318 e. The van der Waals surface area contributed by atoms with Crippen molar-refractivity contribution in [2.24, 2.45) is 5.92 Å². The van der Waals surface area contributed by atoms with Gasteiger partial charge < -0.3 is 20.3 Å². The third kappa shape index (κ3) is 5.19. The van der Waals surface area contributed by atoms with Gasteiger partial charge in [0, 0.05) is 18.6 Å². The van der Waals surface area contributed by atoms with Crippen LogP contribution in [-0.4, -0.2) is 54.2 Å². The van der Waals surface area contributed by atoms with Gasteiger partial charge in [0.15, 0.2) is 0 Å². The fraction of sp³-hybridized carbons (Fsp3) is 0.867. The van der Waals surface area contributed by atoms with Crippen LogP contribution in [0, 0.1) is 5.92 Å². The number of rotatable bonds is 3. The molecule has 0 aromatic rings. The highest BCUT2D eigenvalue weighted by molar-refractivity contribution is 5.84. The molecule has 2 N–H and O–H groups in total. The van der Waals surface area contributed by atoms with E-state index in [9.17, 15) is 9.59 Å². The van der Waals surface area contributed by atoms with Crippen LogP contribution in [0.25, 0.3) is 0 Å². The van der Waals surface area contributed by atoms with Crippen molar-refractivity contribution in [3.8, 4) is 0 Å². The lowest BCUT2D eigenvalue weighted by Crippen LogP contribution is -2.54. The van der Waals surface area contributed by atoms with E-state index in [-0.39, 0.29) is 36.2 Å². The van der Waals surface area contributed by atoms with Crippen LogP contribution >= 0.6 is 0 Å². The summed E-state index contributed by atoms with van der Waals surface area (Å²) in [5.41, 5.74) is -0.285. The highest BCUT2D eigenvalue weighted by atomic mass is 16.5. The Labute approximate surface area is 126 Å². The van der Waals surface area contributed by atoms with Gasteiger partial charge in [-0.2, -0.15) is 0 Å². The molecule has 6 heteroatoms. The summed E-state index contributed by atoms with van der Waals surface area (Å²) in [6.45, 7) is 8.94. The number of carbonyl (C=O) groups excluding carboxylic acids is 2. The molecule has 2 aliphatic rings. The summed E-state index contributed by atoms with van der Waals surface area (Å²) < 4.78 is 5.88. The second-order valence-electron chi connectivity index (χ2n) is 7.18. The summed E-state index contributed by atoms with van der Waals surface area (Å²) in [4.78, 5) is 25.7. The first-order chi connectivity index (χ1) is 9.74. The number of ether oxygens (including phenoxy) is 1. The first-order valence-electron chi connectivity index (χ1n) is 7.74. The second-order valence-corrected chi connectivity index (χ2v) is 7.18. The van der Waals surface area contributed by atoms with E-state index in [1.165, 1.54) is 12.8 Å². The third-order valence-electron chi connectivity index (χ3n) is 3.63. The molecule has 1 saturated heterocycles. The van der Waals surface area contributed by atoms with Crippen LogP contribution < -0.4 is 10.6 Å². The zero-order valence-corrected chi connectivity index (χ0v) is 13.4. The molecule has 21 heavy (non-hydrogen) atoms. The molecule has 1 aliphatic carbocycles. The predicted molar refractivity (Wildman–Crippen MR) is 79.9 cm³/mol. The number of hydrogen-bond donors (Lipinski definition) is 2. The standard InChI is InChI=1S/C15H27N3O3/c1-10-8-18(9-12(21-10)11-5-6-11)14(20)16-7-13(19)17-15(2,3)4/h10-12H,5-9H2,1-4H3,(H,16,20)(H,17,19)/t10-,12+/m0/s1. The minimum absolute atomic E-state index is 0.00986. The number of hydrogen-bond acceptors (Lipinski definition) is 3. The molecule has 120 valence electrons. The van der Waals surface area contributed by atoms with E-state index in [0.717, 1.165) is 0 Å². The Hall–Kier alpha value is -1.30. The fourth-order valence-electron chi connectivity index (χ4n) is 2.61. The number of urea groups is 1. The lowest BCUT2D eigenvalue weighted by atomic mass is 10.1. The maximum Gasteiger partial charge on any atom is 0.318 e.